The van der Waals surface area contributed by atoms with Crippen molar-refractivity contribution in [3.8, 4) is 0 Å². The van der Waals surface area contributed by atoms with Gasteiger partial charge in [0.25, 0.3) is 0 Å². The van der Waals surface area contributed by atoms with Crippen molar-refractivity contribution in [2.24, 2.45) is 5.73 Å². The molecular weight excluding hydrogens is 290 g/mol. The Balaban J connectivity index is 2.27. The number of rotatable bonds is 3. The van der Waals surface area contributed by atoms with Crippen molar-refractivity contribution in [2.75, 3.05) is 0 Å². The number of nitrogens with two attached hydrogens (primary N) is 1. The largest absolute Gasteiger partial charge is 0.328 e. The fraction of sp³-hybridized carbons (Fsp3) is 0.643. The van der Waals surface area contributed by atoms with Gasteiger partial charge in [-0.15, -0.1) is 0 Å². The maximum absolute atomic E-state index is 5.95. The van der Waals surface area contributed by atoms with Crippen molar-refractivity contribution in [1.29, 1.82) is 0 Å². The minimum absolute atomic E-state index is 0.396. The lowest BCUT2D eigenvalue weighted by Gasteiger charge is -2.20. The first kappa shape index (κ1) is 13.8. The maximum atomic E-state index is 5.95. The topological polar surface area (TPSA) is 43.8 Å². The first-order chi connectivity index (χ1) is 8.65. The molecule has 0 aliphatic heterocycles. The molecule has 2 rings (SSSR count). The minimum atomic E-state index is 0.396. The zero-order chi connectivity index (χ0) is 13.1. The lowest BCUT2D eigenvalue weighted by atomic mass is 9.91. The van der Waals surface area contributed by atoms with Crippen molar-refractivity contribution < 1.29 is 0 Å². The van der Waals surface area contributed by atoms with E-state index in [1.807, 2.05) is 0 Å². The molecule has 0 unspecified atom stereocenters. The number of aryl methyl sites for hydroxylation is 2. The SMILES string of the molecule is CCc1nn(CC)c(C=C2CCC(N)CC2)c1Br. The van der Waals surface area contributed by atoms with Gasteiger partial charge in [-0.3, -0.25) is 4.68 Å². The molecule has 3 nitrogen and oxygen atoms in total. The van der Waals surface area contributed by atoms with E-state index in [0.29, 0.717) is 6.04 Å². The molecule has 0 amide bonds. The molecule has 2 N–H and O–H groups in total. The van der Waals surface area contributed by atoms with E-state index in [0.717, 1.165) is 48.8 Å². The Morgan fingerprint density at radius 1 is 1.39 bits per heavy atom. The molecule has 1 heterocycles. The summed E-state index contributed by atoms with van der Waals surface area (Å²) >= 11 is 3.69. The Labute approximate surface area is 118 Å². The Kier molecular flexibility index (Phi) is 4.62. The number of halogens is 1. The second-order valence-corrected chi connectivity index (χ2v) is 5.75. The second-order valence-electron chi connectivity index (χ2n) is 4.96. The second kappa shape index (κ2) is 6.02. The monoisotopic (exact) mass is 311 g/mol. The zero-order valence-electron chi connectivity index (χ0n) is 11.2. The average molecular weight is 312 g/mol. The number of nitrogens with zero attached hydrogens (tertiary/aromatic N) is 2. The molecule has 4 heteroatoms. The number of hydrogen-bond donors (Lipinski definition) is 1. The van der Waals surface area contributed by atoms with Crippen LogP contribution in [0.3, 0.4) is 0 Å². The van der Waals surface area contributed by atoms with E-state index >= 15 is 0 Å². The molecule has 100 valence electrons. The summed E-state index contributed by atoms with van der Waals surface area (Å²) in [5.74, 6) is 0. The van der Waals surface area contributed by atoms with Crippen LogP contribution in [0.5, 0.6) is 0 Å². The summed E-state index contributed by atoms with van der Waals surface area (Å²) in [6.45, 7) is 5.19. The fourth-order valence-electron chi connectivity index (χ4n) is 2.46. The van der Waals surface area contributed by atoms with Gasteiger partial charge in [0.15, 0.2) is 0 Å². The molecule has 1 aliphatic carbocycles. The van der Waals surface area contributed by atoms with E-state index in [1.54, 1.807) is 0 Å². The van der Waals surface area contributed by atoms with Crippen LogP contribution >= 0.6 is 15.9 Å². The molecular formula is C14H22BrN3. The van der Waals surface area contributed by atoms with Crippen LogP contribution in [-0.2, 0) is 13.0 Å². The summed E-state index contributed by atoms with van der Waals surface area (Å²) in [4.78, 5) is 0. The molecule has 0 spiro atoms. The van der Waals surface area contributed by atoms with Gasteiger partial charge in [-0.05, 0) is 61.0 Å². The van der Waals surface area contributed by atoms with E-state index < -0.39 is 0 Å². The minimum Gasteiger partial charge on any atom is -0.328 e. The molecule has 0 atom stereocenters. The molecule has 0 aromatic carbocycles. The number of aromatic nitrogens is 2. The molecule has 0 bridgehead atoms. The van der Waals surface area contributed by atoms with E-state index in [4.69, 9.17) is 5.73 Å². The van der Waals surface area contributed by atoms with E-state index in [9.17, 15) is 0 Å². The van der Waals surface area contributed by atoms with Gasteiger partial charge in [-0.25, -0.2) is 0 Å². The highest BCUT2D eigenvalue weighted by Gasteiger charge is 2.16. The molecule has 1 aromatic heterocycles. The third-order valence-electron chi connectivity index (χ3n) is 3.65. The Bertz CT molecular complexity index is 438. The maximum Gasteiger partial charge on any atom is 0.0770 e. The van der Waals surface area contributed by atoms with Crippen LogP contribution in [-0.4, -0.2) is 15.8 Å². The molecule has 1 fully saturated rings. The van der Waals surface area contributed by atoms with Crippen molar-refractivity contribution in [2.45, 2.75) is 58.5 Å². The van der Waals surface area contributed by atoms with Gasteiger partial charge in [0.05, 0.1) is 15.9 Å². The molecule has 1 aromatic rings. The summed E-state index contributed by atoms with van der Waals surface area (Å²) in [7, 11) is 0. The van der Waals surface area contributed by atoms with Crippen LogP contribution in [0.4, 0.5) is 0 Å². The zero-order valence-corrected chi connectivity index (χ0v) is 12.8. The first-order valence-corrected chi connectivity index (χ1v) is 7.65. The van der Waals surface area contributed by atoms with Crippen molar-refractivity contribution in [3.05, 3.63) is 21.4 Å². The lowest BCUT2D eigenvalue weighted by Crippen LogP contribution is -2.23. The summed E-state index contributed by atoms with van der Waals surface area (Å²) in [6, 6.07) is 0.396. The number of allylic oxidation sites excluding steroid dienone is 1. The van der Waals surface area contributed by atoms with Crippen LogP contribution in [0.25, 0.3) is 6.08 Å². The summed E-state index contributed by atoms with van der Waals surface area (Å²) in [5.41, 5.74) is 9.83. The Morgan fingerprint density at radius 3 is 2.61 bits per heavy atom. The van der Waals surface area contributed by atoms with Crippen LogP contribution in [0, 0.1) is 0 Å². The molecule has 0 radical (unpaired) electrons. The van der Waals surface area contributed by atoms with E-state index in [1.165, 1.54) is 11.3 Å². The van der Waals surface area contributed by atoms with Gasteiger partial charge in [0, 0.05) is 12.6 Å². The van der Waals surface area contributed by atoms with Crippen LogP contribution < -0.4 is 5.73 Å². The molecule has 0 saturated heterocycles. The van der Waals surface area contributed by atoms with Crippen LogP contribution in [0.2, 0.25) is 0 Å². The van der Waals surface area contributed by atoms with Crippen LogP contribution in [0.1, 0.15) is 50.9 Å². The highest BCUT2D eigenvalue weighted by atomic mass is 79.9. The first-order valence-electron chi connectivity index (χ1n) is 6.85. The van der Waals surface area contributed by atoms with Gasteiger partial charge >= 0.3 is 0 Å². The van der Waals surface area contributed by atoms with Gasteiger partial charge in [-0.1, -0.05) is 12.5 Å². The van der Waals surface area contributed by atoms with Gasteiger partial charge in [0.1, 0.15) is 0 Å². The predicted molar refractivity (Wildman–Crippen MR) is 79.4 cm³/mol. The van der Waals surface area contributed by atoms with Crippen molar-refractivity contribution in [1.82, 2.24) is 9.78 Å². The summed E-state index contributed by atoms with van der Waals surface area (Å²) in [6.07, 6.45) is 7.77. The molecule has 1 saturated carbocycles. The summed E-state index contributed by atoms with van der Waals surface area (Å²) < 4.78 is 3.25. The lowest BCUT2D eigenvalue weighted by molar-refractivity contribution is 0.513. The highest BCUT2D eigenvalue weighted by Crippen LogP contribution is 2.29. The smallest absolute Gasteiger partial charge is 0.0770 e. The van der Waals surface area contributed by atoms with Crippen molar-refractivity contribution >= 4 is 22.0 Å². The van der Waals surface area contributed by atoms with Gasteiger partial charge in [0.2, 0.25) is 0 Å². The normalized spacial score (nSPS) is 20.2. The van der Waals surface area contributed by atoms with E-state index in [-0.39, 0.29) is 0 Å². The van der Waals surface area contributed by atoms with Crippen LogP contribution in [0.15, 0.2) is 10.0 Å². The highest BCUT2D eigenvalue weighted by molar-refractivity contribution is 9.10. The van der Waals surface area contributed by atoms with Gasteiger partial charge < -0.3 is 5.73 Å². The third kappa shape index (κ3) is 2.86. The molecule has 18 heavy (non-hydrogen) atoms. The summed E-state index contributed by atoms with van der Waals surface area (Å²) in [5, 5.41) is 4.63. The fourth-order valence-corrected chi connectivity index (χ4v) is 3.14. The number of hydrogen-bond acceptors (Lipinski definition) is 2. The molecule has 1 aliphatic rings. The van der Waals surface area contributed by atoms with Crippen molar-refractivity contribution in [3.63, 3.8) is 0 Å². The average Bonchev–Trinajstić information content (AvgIpc) is 2.69. The van der Waals surface area contributed by atoms with Gasteiger partial charge in [-0.2, -0.15) is 5.10 Å². The standard InChI is InChI=1S/C14H22BrN3/c1-3-12-14(15)13(18(4-2)17-12)9-10-5-7-11(16)8-6-10/h9,11H,3-8,16H2,1-2H3. The Hall–Kier alpha value is -0.610. The third-order valence-corrected chi connectivity index (χ3v) is 4.51. The van der Waals surface area contributed by atoms with E-state index in [2.05, 4.69) is 45.6 Å². The Morgan fingerprint density at radius 2 is 2.06 bits per heavy atom. The quantitative estimate of drug-likeness (QED) is 0.928. The predicted octanol–water partition coefficient (Wildman–Crippen LogP) is 3.51.